The van der Waals surface area contributed by atoms with E-state index in [9.17, 15) is 9.59 Å². The van der Waals surface area contributed by atoms with Crippen LogP contribution in [0.2, 0.25) is 0 Å². The van der Waals surface area contributed by atoms with Crippen LogP contribution in [0, 0.1) is 0 Å². The van der Waals surface area contributed by atoms with E-state index in [0.717, 1.165) is 31.6 Å². The van der Waals surface area contributed by atoms with E-state index in [1.54, 1.807) is 44.6 Å². The summed E-state index contributed by atoms with van der Waals surface area (Å²) in [4.78, 5) is 35.1. The Morgan fingerprint density at radius 2 is 2.04 bits per heavy atom. The third-order valence-electron chi connectivity index (χ3n) is 5.21. The maximum atomic E-state index is 12.5. The summed E-state index contributed by atoms with van der Waals surface area (Å²) in [6.45, 7) is 1.49. The lowest BCUT2D eigenvalue weighted by Gasteiger charge is -2.36. The number of piperidine rings is 1. The first-order chi connectivity index (χ1) is 13.5. The zero-order valence-electron chi connectivity index (χ0n) is 16.0. The van der Waals surface area contributed by atoms with Crippen molar-refractivity contribution in [1.82, 2.24) is 24.3 Å². The lowest BCUT2D eigenvalue weighted by Crippen LogP contribution is -2.45. The van der Waals surface area contributed by atoms with Crippen molar-refractivity contribution in [3.8, 4) is 0 Å². The molecule has 0 spiro atoms. The van der Waals surface area contributed by atoms with E-state index < -0.39 is 0 Å². The molecule has 0 aromatic carbocycles. The molecule has 0 amide bonds. The Morgan fingerprint density at radius 3 is 2.86 bits per heavy atom. The van der Waals surface area contributed by atoms with Crippen molar-refractivity contribution in [3.05, 3.63) is 51.2 Å². The average Bonchev–Trinajstić information content (AvgIpc) is 2.72. The van der Waals surface area contributed by atoms with Gasteiger partial charge in [-0.05, 0) is 37.5 Å². The van der Waals surface area contributed by atoms with Crippen molar-refractivity contribution in [2.24, 2.45) is 14.1 Å². The molecule has 0 saturated carbocycles. The molecular formula is C19H23N7O2. The Bertz CT molecular complexity index is 1120. The third kappa shape index (κ3) is 3.35. The van der Waals surface area contributed by atoms with Crippen LogP contribution >= 0.6 is 0 Å². The Labute approximate surface area is 161 Å². The first-order valence-corrected chi connectivity index (χ1v) is 9.41. The van der Waals surface area contributed by atoms with Crippen LogP contribution in [0.15, 0.2) is 40.1 Å². The summed E-state index contributed by atoms with van der Waals surface area (Å²) in [5.41, 5.74) is 0.187. The molecule has 1 unspecified atom stereocenters. The molecule has 9 heteroatoms. The van der Waals surface area contributed by atoms with E-state index in [1.165, 1.54) is 9.25 Å². The molecule has 1 aliphatic heterocycles. The Morgan fingerprint density at radius 1 is 1.18 bits per heavy atom. The number of rotatable bonds is 4. The fraction of sp³-hybridized carbons (Fsp3) is 0.421. The Balaban J connectivity index is 1.58. The number of fused-ring (bicyclic) bond motifs is 1. The summed E-state index contributed by atoms with van der Waals surface area (Å²) in [7, 11) is 3.36. The lowest BCUT2D eigenvalue weighted by molar-refractivity contribution is 0.463. The first-order valence-electron chi connectivity index (χ1n) is 9.41. The van der Waals surface area contributed by atoms with Crippen LogP contribution in [0.3, 0.4) is 0 Å². The second-order valence-corrected chi connectivity index (χ2v) is 7.05. The highest BCUT2D eigenvalue weighted by Gasteiger charge is 2.24. The summed E-state index contributed by atoms with van der Waals surface area (Å²) < 4.78 is 2.87. The minimum Gasteiger partial charge on any atom is -0.353 e. The molecule has 9 nitrogen and oxygen atoms in total. The summed E-state index contributed by atoms with van der Waals surface area (Å²) in [6, 6.07) is 6.97. The van der Waals surface area contributed by atoms with Crippen LogP contribution in [-0.2, 0) is 14.1 Å². The molecule has 0 bridgehead atoms. The van der Waals surface area contributed by atoms with Gasteiger partial charge in [-0.15, -0.1) is 0 Å². The minimum atomic E-state index is -0.127. The molecule has 1 fully saturated rings. The normalized spacial score (nSPS) is 17.1. The predicted octanol–water partition coefficient (Wildman–Crippen LogP) is 0.893. The fourth-order valence-corrected chi connectivity index (χ4v) is 3.63. The van der Waals surface area contributed by atoms with E-state index in [4.69, 9.17) is 0 Å². The highest BCUT2D eigenvalue weighted by atomic mass is 16.1. The van der Waals surface area contributed by atoms with Crippen molar-refractivity contribution in [2.45, 2.75) is 25.3 Å². The molecule has 1 N–H and O–H groups in total. The first kappa shape index (κ1) is 18.1. The SMILES string of the molecule is Cn1nc(N2CCCCC2CNc2nc3ncccc3c(=O)n2C)ccc1=O. The predicted molar refractivity (Wildman–Crippen MR) is 108 cm³/mol. The van der Waals surface area contributed by atoms with Gasteiger partial charge in [0.25, 0.3) is 11.1 Å². The highest BCUT2D eigenvalue weighted by molar-refractivity contribution is 5.74. The number of aryl methyl sites for hydroxylation is 1. The minimum absolute atomic E-state index is 0.124. The number of hydrogen-bond donors (Lipinski definition) is 1. The van der Waals surface area contributed by atoms with Gasteiger partial charge in [0.2, 0.25) is 5.95 Å². The molecule has 4 rings (SSSR count). The second-order valence-electron chi connectivity index (χ2n) is 7.05. The summed E-state index contributed by atoms with van der Waals surface area (Å²) >= 11 is 0. The smallest absolute Gasteiger partial charge is 0.266 e. The van der Waals surface area contributed by atoms with Gasteiger partial charge in [0, 0.05) is 45.5 Å². The maximum absolute atomic E-state index is 12.5. The standard InChI is InChI=1S/C19H23N7O2/c1-24-18(28)14-7-5-10-20-17(14)22-19(24)21-12-13-6-3-4-11-26(13)15-8-9-16(27)25(2)23-15/h5,7-10,13H,3-4,6,11-12H2,1-2H3,(H,20,21,22). The van der Waals surface area contributed by atoms with Crippen molar-refractivity contribution in [3.63, 3.8) is 0 Å². The fourth-order valence-electron chi connectivity index (χ4n) is 3.63. The second kappa shape index (κ2) is 7.41. The molecule has 1 atom stereocenters. The molecule has 1 aliphatic rings. The monoisotopic (exact) mass is 381 g/mol. The van der Waals surface area contributed by atoms with Gasteiger partial charge in [0.15, 0.2) is 5.65 Å². The number of nitrogens with one attached hydrogen (secondary N) is 1. The van der Waals surface area contributed by atoms with Gasteiger partial charge in [0.05, 0.1) is 5.39 Å². The quantitative estimate of drug-likeness (QED) is 0.717. The van der Waals surface area contributed by atoms with Crippen molar-refractivity contribution >= 4 is 22.8 Å². The number of hydrogen-bond acceptors (Lipinski definition) is 7. The zero-order chi connectivity index (χ0) is 19.7. The van der Waals surface area contributed by atoms with Crippen LogP contribution in [0.5, 0.6) is 0 Å². The Hall–Kier alpha value is -3.23. The van der Waals surface area contributed by atoms with Crippen LogP contribution in [-0.4, -0.2) is 43.4 Å². The third-order valence-corrected chi connectivity index (χ3v) is 5.21. The van der Waals surface area contributed by atoms with Crippen molar-refractivity contribution < 1.29 is 0 Å². The van der Waals surface area contributed by atoms with Gasteiger partial charge < -0.3 is 10.2 Å². The molecule has 0 radical (unpaired) electrons. The molecule has 1 saturated heterocycles. The van der Waals surface area contributed by atoms with E-state index in [2.05, 4.69) is 25.3 Å². The number of nitrogens with zero attached hydrogens (tertiary/aromatic N) is 6. The molecular weight excluding hydrogens is 358 g/mol. The number of anilines is 2. The van der Waals surface area contributed by atoms with E-state index in [1.807, 2.05) is 0 Å². The van der Waals surface area contributed by atoms with Crippen LogP contribution < -0.4 is 21.3 Å². The Kier molecular flexibility index (Phi) is 4.81. The number of aromatic nitrogens is 5. The van der Waals surface area contributed by atoms with Crippen LogP contribution in [0.4, 0.5) is 11.8 Å². The molecule has 4 heterocycles. The number of pyridine rings is 1. The van der Waals surface area contributed by atoms with E-state index >= 15 is 0 Å². The van der Waals surface area contributed by atoms with Gasteiger partial charge in [-0.25, -0.2) is 9.67 Å². The van der Waals surface area contributed by atoms with Crippen molar-refractivity contribution in [2.75, 3.05) is 23.3 Å². The summed E-state index contributed by atoms with van der Waals surface area (Å²) in [5, 5.41) is 8.21. The van der Waals surface area contributed by atoms with Gasteiger partial charge in [-0.3, -0.25) is 14.2 Å². The topological polar surface area (TPSA) is 97.9 Å². The summed E-state index contributed by atoms with van der Waals surface area (Å²) in [6.07, 6.45) is 4.84. The lowest BCUT2D eigenvalue weighted by atomic mass is 10.0. The molecule has 0 aliphatic carbocycles. The maximum Gasteiger partial charge on any atom is 0.266 e. The zero-order valence-corrected chi connectivity index (χ0v) is 16.0. The molecule has 3 aromatic rings. The van der Waals surface area contributed by atoms with Gasteiger partial charge in [-0.1, -0.05) is 0 Å². The van der Waals surface area contributed by atoms with Crippen LogP contribution in [0.25, 0.3) is 11.0 Å². The van der Waals surface area contributed by atoms with Gasteiger partial charge in [0.1, 0.15) is 5.82 Å². The molecule has 28 heavy (non-hydrogen) atoms. The molecule has 146 valence electrons. The summed E-state index contributed by atoms with van der Waals surface area (Å²) in [5.74, 6) is 1.28. The van der Waals surface area contributed by atoms with Crippen molar-refractivity contribution in [1.29, 1.82) is 0 Å². The van der Waals surface area contributed by atoms with E-state index in [0.29, 0.717) is 23.5 Å². The highest BCUT2D eigenvalue weighted by Crippen LogP contribution is 2.22. The van der Waals surface area contributed by atoms with Crippen LogP contribution in [0.1, 0.15) is 19.3 Å². The molecule has 3 aromatic heterocycles. The van der Waals surface area contributed by atoms with Gasteiger partial charge in [-0.2, -0.15) is 10.1 Å². The largest absolute Gasteiger partial charge is 0.353 e. The van der Waals surface area contributed by atoms with Gasteiger partial charge >= 0.3 is 0 Å². The van der Waals surface area contributed by atoms with E-state index in [-0.39, 0.29) is 17.2 Å². The average molecular weight is 381 g/mol.